The van der Waals surface area contributed by atoms with Gasteiger partial charge in [-0.15, -0.1) is 0 Å². The summed E-state index contributed by atoms with van der Waals surface area (Å²) in [5.41, 5.74) is 1.96. The molecule has 0 fully saturated rings. The van der Waals surface area contributed by atoms with E-state index in [1.54, 1.807) is 6.92 Å². The fourth-order valence-corrected chi connectivity index (χ4v) is 1.87. The zero-order valence-corrected chi connectivity index (χ0v) is 12.1. The number of aliphatic hydroxyl groups excluding tert-OH is 3. The molecular weight excluding hydrogens is 258 g/mol. The smallest absolute Gasteiger partial charge is 0.249 e. The average molecular weight is 281 g/mol. The van der Waals surface area contributed by atoms with Crippen molar-refractivity contribution in [2.24, 2.45) is 0 Å². The Morgan fingerprint density at radius 1 is 1.20 bits per heavy atom. The Balaban J connectivity index is 2.70. The van der Waals surface area contributed by atoms with Crippen LogP contribution in [0.5, 0.6) is 0 Å². The van der Waals surface area contributed by atoms with Crippen LogP contribution < -0.4 is 5.32 Å². The molecule has 0 aliphatic rings. The predicted octanol–water partition coefficient (Wildman–Crippen LogP) is 0.317. The molecule has 0 aliphatic carbocycles. The van der Waals surface area contributed by atoms with Gasteiger partial charge in [0.1, 0.15) is 6.10 Å². The van der Waals surface area contributed by atoms with Gasteiger partial charge in [0.2, 0.25) is 5.91 Å². The molecule has 112 valence electrons. The molecule has 20 heavy (non-hydrogen) atoms. The van der Waals surface area contributed by atoms with Crippen LogP contribution in [0.15, 0.2) is 24.3 Å². The summed E-state index contributed by atoms with van der Waals surface area (Å²) in [6.07, 6.45) is -2.11. The van der Waals surface area contributed by atoms with Crippen LogP contribution in [0.2, 0.25) is 0 Å². The van der Waals surface area contributed by atoms with Gasteiger partial charge in [0, 0.05) is 5.92 Å². The van der Waals surface area contributed by atoms with E-state index < -0.39 is 24.2 Å². The first-order valence-corrected chi connectivity index (χ1v) is 6.70. The van der Waals surface area contributed by atoms with Crippen LogP contribution in [-0.4, -0.2) is 46.1 Å². The normalized spacial score (nSPS) is 17.1. The molecular formula is C15H23NO4. The molecule has 5 nitrogen and oxygen atoms in total. The number of rotatable bonds is 6. The first kappa shape index (κ1) is 16.6. The molecule has 1 aromatic rings. The molecule has 0 aliphatic heterocycles. The van der Waals surface area contributed by atoms with Gasteiger partial charge in [-0.1, -0.05) is 36.8 Å². The maximum absolute atomic E-state index is 11.9. The third-order valence-corrected chi connectivity index (χ3v) is 3.45. The summed E-state index contributed by atoms with van der Waals surface area (Å²) < 4.78 is 0. The standard InChI is InChI=1S/C15H23NO4/c1-9-4-6-12(7-5-9)10(2)14(19)15(20)16-13(8-17)11(3)18/h4-7,10-11,13-14,17-19H,8H2,1-3H3,(H,16,20)/t10?,11-,13-,14?/m1/s1. The maximum Gasteiger partial charge on any atom is 0.249 e. The number of aryl methyl sites for hydroxylation is 1. The predicted molar refractivity (Wildman–Crippen MR) is 76.3 cm³/mol. The zero-order chi connectivity index (χ0) is 15.3. The number of benzene rings is 1. The second-order valence-electron chi connectivity index (χ2n) is 5.18. The number of nitrogens with one attached hydrogen (secondary N) is 1. The van der Waals surface area contributed by atoms with Crippen LogP contribution in [-0.2, 0) is 4.79 Å². The van der Waals surface area contributed by atoms with Crippen LogP contribution in [0.1, 0.15) is 30.9 Å². The lowest BCUT2D eigenvalue weighted by molar-refractivity contribution is -0.132. The van der Waals surface area contributed by atoms with Crippen molar-refractivity contribution in [3.63, 3.8) is 0 Å². The second-order valence-corrected chi connectivity index (χ2v) is 5.18. The third kappa shape index (κ3) is 4.30. The van der Waals surface area contributed by atoms with E-state index in [2.05, 4.69) is 5.32 Å². The Morgan fingerprint density at radius 2 is 1.75 bits per heavy atom. The van der Waals surface area contributed by atoms with Gasteiger partial charge in [-0.25, -0.2) is 0 Å². The molecule has 0 radical (unpaired) electrons. The molecule has 4 atom stereocenters. The number of aliphatic hydroxyl groups is 3. The summed E-state index contributed by atoms with van der Waals surface area (Å²) in [5.74, 6) is -0.970. The molecule has 0 saturated carbocycles. The van der Waals surface area contributed by atoms with E-state index >= 15 is 0 Å². The van der Waals surface area contributed by atoms with E-state index in [1.807, 2.05) is 31.2 Å². The minimum absolute atomic E-state index is 0.371. The van der Waals surface area contributed by atoms with Gasteiger partial charge in [0.15, 0.2) is 0 Å². The van der Waals surface area contributed by atoms with Crippen LogP contribution in [0, 0.1) is 6.92 Å². The molecule has 1 amide bonds. The third-order valence-electron chi connectivity index (χ3n) is 3.45. The molecule has 0 bridgehead atoms. The van der Waals surface area contributed by atoms with E-state index in [0.29, 0.717) is 0 Å². The lowest BCUT2D eigenvalue weighted by Gasteiger charge is -2.24. The molecule has 2 unspecified atom stereocenters. The highest BCUT2D eigenvalue weighted by Gasteiger charge is 2.26. The van der Waals surface area contributed by atoms with Crippen molar-refractivity contribution in [2.75, 3.05) is 6.61 Å². The minimum atomic E-state index is -1.23. The topological polar surface area (TPSA) is 89.8 Å². The van der Waals surface area contributed by atoms with Crippen LogP contribution in [0.25, 0.3) is 0 Å². The SMILES string of the molecule is Cc1ccc(C(C)C(O)C(=O)N[C@H](CO)[C@@H](C)O)cc1. The van der Waals surface area contributed by atoms with Crippen molar-refractivity contribution < 1.29 is 20.1 Å². The van der Waals surface area contributed by atoms with E-state index in [9.17, 15) is 15.0 Å². The Hall–Kier alpha value is -1.43. The summed E-state index contributed by atoms with van der Waals surface area (Å²) in [5, 5.41) is 30.9. The van der Waals surface area contributed by atoms with Crippen molar-refractivity contribution in [3.8, 4) is 0 Å². The van der Waals surface area contributed by atoms with Gasteiger partial charge in [0.25, 0.3) is 0 Å². The fraction of sp³-hybridized carbons (Fsp3) is 0.533. The molecule has 0 heterocycles. The van der Waals surface area contributed by atoms with E-state index in [0.717, 1.165) is 11.1 Å². The molecule has 0 aromatic heterocycles. The van der Waals surface area contributed by atoms with Gasteiger partial charge in [-0.05, 0) is 19.4 Å². The largest absolute Gasteiger partial charge is 0.394 e. The lowest BCUT2D eigenvalue weighted by Crippen LogP contribution is -2.49. The summed E-state index contributed by atoms with van der Waals surface area (Å²) in [4.78, 5) is 11.9. The quantitative estimate of drug-likeness (QED) is 0.604. The van der Waals surface area contributed by atoms with Crippen molar-refractivity contribution in [3.05, 3.63) is 35.4 Å². The number of amides is 1. The number of carbonyl (C=O) groups excluding carboxylic acids is 1. The first-order chi connectivity index (χ1) is 9.36. The molecule has 4 N–H and O–H groups in total. The Kier molecular flexibility index (Phi) is 6.13. The highest BCUT2D eigenvalue weighted by molar-refractivity contribution is 5.82. The lowest BCUT2D eigenvalue weighted by atomic mass is 9.94. The van der Waals surface area contributed by atoms with Crippen molar-refractivity contribution in [1.82, 2.24) is 5.32 Å². The molecule has 5 heteroatoms. The Bertz CT molecular complexity index is 430. The highest BCUT2D eigenvalue weighted by Crippen LogP contribution is 2.20. The number of hydrogen-bond donors (Lipinski definition) is 4. The maximum atomic E-state index is 11.9. The van der Waals surface area contributed by atoms with Crippen molar-refractivity contribution >= 4 is 5.91 Å². The first-order valence-electron chi connectivity index (χ1n) is 6.70. The fourth-order valence-electron chi connectivity index (χ4n) is 1.87. The van der Waals surface area contributed by atoms with Gasteiger partial charge in [0.05, 0.1) is 18.8 Å². The van der Waals surface area contributed by atoms with Crippen LogP contribution in [0.4, 0.5) is 0 Å². The average Bonchev–Trinajstić information content (AvgIpc) is 2.43. The zero-order valence-electron chi connectivity index (χ0n) is 12.1. The Labute approximate surface area is 119 Å². The summed E-state index contributed by atoms with van der Waals surface area (Å²) in [7, 11) is 0. The molecule has 1 rings (SSSR count). The van der Waals surface area contributed by atoms with E-state index in [-0.39, 0.29) is 12.5 Å². The molecule has 1 aromatic carbocycles. The number of carbonyl (C=O) groups is 1. The van der Waals surface area contributed by atoms with E-state index in [1.165, 1.54) is 6.92 Å². The van der Waals surface area contributed by atoms with Crippen molar-refractivity contribution in [2.45, 2.75) is 44.9 Å². The van der Waals surface area contributed by atoms with Gasteiger partial charge in [-0.3, -0.25) is 4.79 Å². The monoisotopic (exact) mass is 281 g/mol. The van der Waals surface area contributed by atoms with Gasteiger partial charge in [-0.2, -0.15) is 0 Å². The molecule has 0 spiro atoms. The summed E-state index contributed by atoms with van der Waals surface area (Å²) >= 11 is 0. The van der Waals surface area contributed by atoms with Crippen LogP contribution >= 0.6 is 0 Å². The summed E-state index contributed by atoms with van der Waals surface area (Å²) in [6, 6.07) is 6.80. The van der Waals surface area contributed by atoms with Crippen molar-refractivity contribution in [1.29, 1.82) is 0 Å². The molecule has 0 saturated heterocycles. The van der Waals surface area contributed by atoms with E-state index in [4.69, 9.17) is 5.11 Å². The highest BCUT2D eigenvalue weighted by atomic mass is 16.3. The van der Waals surface area contributed by atoms with Gasteiger partial charge >= 0.3 is 0 Å². The number of hydrogen-bond acceptors (Lipinski definition) is 4. The minimum Gasteiger partial charge on any atom is -0.394 e. The van der Waals surface area contributed by atoms with Gasteiger partial charge < -0.3 is 20.6 Å². The summed E-state index contributed by atoms with van der Waals surface area (Å²) in [6.45, 7) is 4.81. The Morgan fingerprint density at radius 3 is 2.20 bits per heavy atom. The van der Waals surface area contributed by atoms with Crippen LogP contribution in [0.3, 0.4) is 0 Å². The second kappa shape index (κ2) is 7.38.